The highest BCUT2D eigenvalue weighted by atomic mass is 16.5. The molecule has 5 rings (SSSR count). The van der Waals surface area contributed by atoms with Gasteiger partial charge in [0.15, 0.2) is 0 Å². The number of nitrogens with zero attached hydrogens (tertiary/aromatic N) is 1. The molecule has 0 aromatic heterocycles. The Kier molecular flexibility index (Phi) is 6.56. The molecule has 1 aromatic rings. The van der Waals surface area contributed by atoms with Crippen LogP contribution in [0.2, 0.25) is 0 Å². The fraction of sp³-hybridized carbons (Fsp3) is 0.643. The smallest absolute Gasteiger partial charge is 0.255 e. The Hall–Kier alpha value is -2.18. The molecule has 1 saturated carbocycles. The van der Waals surface area contributed by atoms with Crippen LogP contribution in [0.4, 0.5) is 0 Å². The summed E-state index contributed by atoms with van der Waals surface area (Å²) in [6.45, 7) is 10.7. The van der Waals surface area contributed by atoms with Crippen molar-refractivity contribution in [3.63, 3.8) is 0 Å². The maximum absolute atomic E-state index is 13.1. The summed E-state index contributed by atoms with van der Waals surface area (Å²) in [5.74, 6) is 0.478. The first kappa shape index (κ1) is 23.6. The summed E-state index contributed by atoms with van der Waals surface area (Å²) in [4.78, 5) is 27.3. The maximum Gasteiger partial charge on any atom is 0.255 e. The van der Waals surface area contributed by atoms with Gasteiger partial charge in [-0.05, 0) is 61.6 Å². The van der Waals surface area contributed by atoms with Crippen LogP contribution in [0.5, 0.6) is 0 Å². The number of nitrogens with one attached hydrogen (secondary N) is 2. The fourth-order valence-electron chi connectivity index (χ4n) is 6.40. The Labute approximate surface area is 203 Å². The molecule has 34 heavy (non-hydrogen) atoms. The molecule has 0 spiro atoms. The third-order valence-electron chi connectivity index (χ3n) is 8.49. The minimum Gasteiger partial charge on any atom is -0.381 e. The molecular formula is C28H39N3O3. The quantitative estimate of drug-likeness (QED) is 0.691. The van der Waals surface area contributed by atoms with Gasteiger partial charge in [0.25, 0.3) is 5.91 Å². The van der Waals surface area contributed by atoms with E-state index in [4.69, 9.17) is 4.74 Å². The summed E-state index contributed by atoms with van der Waals surface area (Å²) in [6.07, 6.45) is 8.55. The minimum atomic E-state index is -0.399. The summed E-state index contributed by atoms with van der Waals surface area (Å²) in [6, 6.07) is 6.96. The Balaban J connectivity index is 1.27. The number of hydrogen-bond donors (Lipinski definition) is 2. The van der Waals surface area contributed by atoms with Crippen LogP contribution in [0.3, 0.4) is 0 Å². The number of carbonyl (C=O) groups is 2. The standard InChI is InChI=1S/C28H39N3O3/c1-18-8-11-24(26(32)29-18)31-16-21-15-19(9-10-22(21)27(31)33)14-20-6-4-5-7-23(20)30-25-12-13-34-17-28(25,2)3/h9-10,15,20,23-25,30H,1,4-8,11-14,16-17H2,2-3H3,(H,29,32)/t20-,23+,24?,25+/m1/s1. The van der Waals surface area contributed by atoms with Crippen molar-refractivity contribution in [2.45, 2.75) is 89.9 Å². The normalized spacial score (nSPS) is 31.4. The summed E-state index contributed by atoms with van der Waals surface area (Å²) in [5, 5.41) is 6.86. The number of ether oxygens (including phenoxy) is 1. The number of amides is 2. The molecule has 0 radical (unpaired) electrons. The van der Waals surface area contributed by atoms with E-state index in [-0.39, 0.29) is 17.2 Å². The molecule has 3 fully saturated rings. The van der Waals surface area contributed by atoms with Gasteiger partial charge in [0.1, 0.15) is 6.04 Å². The third-order valence-corrected chi connectivity index (χ3v) is 8.49. The average molecular weight is 466 g/mol. The summed E-state index contributed by atoms with van der Waals surface area (Å²) in [7, 11) is 0. The van der Waals surface area contributed by atoms with E-state index in [0.29, 0.717) is 31.0 Å². The highest BCUT2D eigenvalue weighted by Gasteiger charge is 2.39. The van der Waals surface area contributed by atoms with Crippen molar-refractivity contribution < 1.29 is 14.3 Å². The lowest BCUT2D eigenvalue weighted by Crippen LogP contribution is -2.54. The molecule has 3 heterocycles. The van der Waals surface area contributed by atoms with E-state index in [1.54, 1.807) is 4.90 Å². The van der Waals surface area contributed by atoms with Gasteiger partial charge in [0.2, 0.25) is 5.91 Å². The molecule has 6 nitrogen and oxygen atoms in total. The summed E-state index contributed by atoms with van der Waals surface area (Å²) in [5.41, 5.74) is 4.02. The van der Waals surface area contributed by atoms with Crippen LogP contribution < -0.4 is 10.6 Å². The van der Waals surface area contributed by atoms with E-state index in [1.165, 1.54) is 31.2 Å². The van der Waals surface area contributed by atoms with Crippen LogP contribution in [-0.4, -0.2) is 48.1 Å². The molecule has 2 saturated heterocycles. The molecular weight excluding hydrogens is 426 g/mol. The average Bonchev–Trinajstić information content (AvgIpc) is 3.12. The Bertz CT molecular complexity index is 972. The van der Waals surface area contributed by atoms with Crippen LogP contribution in [0, 0.1) is 11.3 Å². The summed E-state index contributed by atoms with van der Waals surface area (Å²) >= 11 is 0. The third kappa shape index (κ3) is 4.67. The van der Waals surface area contributed by atoms with Crippen LogP contribution in [-0.2, 0) is 22.5 Å². The van der Waals surface area contributed by atoms with Gasteiger partial charge in [0, 0.05) is 41.9 Å². The van der Waals surface area contributed by atoms with E-state index >= 15 is 0 Å². The van der Waals surface area contributed by atoms with Crippen LogP contribution in [0.1, 0.15) is 80.3 Å². The molecule has 184 valence electrons. The van der Waals surface area contributed by atoms with Gasteiger partial charge in [0.05, 0.1) is 6.61 Å². The van der Waals surface area contributed by atoms with Crippen LogP contribution >= 0.6 is 0 Å². The zero-order chi connectivity index (χ0) is 23.9. The lowest BCUT2D eigenvalue weighted by Gasteiger charge is -2.43. The zero-order valence-electron chi connectivity index (χ0n) is 20.7. The Morgan fingerprint density at radius 1 is 1.18 bits per heavy atom. The van der Waals surface area contributed by atoms with E-state index in [1.807, 2.05) is 6.07 Å². The summed E-state index contributed by atoms with van der Waals surface area (Å²) < 4.78 is 5.74. The van der Waals surface area contributed by atoms with Crippen molar-refractivity contribution in [3.05, 3.63) is 47.2 Å². The SMILES string of the molecule is C=C1CCC(N2Cc3cc(C[C@H]4CCCC[C@@H]4N[C@H]4CCOCC4(C)C)ccc3C2=O)C(=O)N1. The molecule has 1 unspecified atom stereocenters. The second-order valence-corrected chi connectivity index (χ2v) is 11.5. The molecule has 0 bridgehead atoms. The maximum atomic E-state index is 13.1. The van der Waals surface area contributed by atoms with Crippen LogP contribution in [0.25, 0.3) is 0 Å². The van der Waals surface area contributed by atoms with Crippen molar-refractivity contribution >= 4 is 11.8 Å². The molecule has 3 aliphatic heterocycles. The fourth-order valence-corrected chi connectivity index (χ4v) is 6.40. The number of piperidine rings is 1. The van der Waals surface area contributed by atoms with Crippen molar-refractivity contribution in [1.82, 2.24) is 15.5 Å². The molecule has 2 N–H and O–H groups in total. The van der Waals surface area contributed by atoms with E-state index in [9.17, 15) is 9.59 Å². The Morgan fingerprint density at radius 2 is 2.00 bits per heavy atom. The van der Waals surface area contributed by atoms with E-state index < -0.39 is 6.04 Å². The molecule has 2 amide bonds. The molecule has 1 aromatic carbocycles. The van der Waals surface area contributed by atoms with Crippen molar-refractivity contribution in [1.29, 1.82) is 0 Å². The second kappa shape index (κ2) is 9.46. The number of benzene rings is 1. The first-order valence-electron chi connectivity index (χ1n) is 13.1. The van der Waals surface area contributed by atoms with Gasteiger partial charge in [-0.1, -0.05) is 45.4 Å². The first-order chi connectivity index (χ1) is 16.3. The molecule has 1 aliphatic carbocycles. The highest BCUT2D eigenvalue weighted by Crippen LogP contribution is 2.34. The van der Waals surface area contributed by atoms with Gasteiger partial charge < -0.3 is 20.3 Å². The predicted octanol–water partition coefficient (Wildman–Crippen LogP) is 3.94. The number of hydrogen-bond acceptors (Lipinski definition) is 4. The lowest BCUT2D eigenvalue weighted by atomic mass is 9.77. The van der Waals surface area contributed by atoms with Crippen molar-refractivity contribution in [2.24, 2.45) is 11.3 Å². The van der Waals surface area contributed by atoms with Gasteiger partial charge in [-0.3, -0.25) is 9.59 Å². The topological polar surface area (TPSA) is 70.7 Å². The zero-order valence-corrected chi connectivity index (χ0v) is 20.7. The van der Waals surface area contributed by atoms with Crippen molar-refractivity contribution in [2.75, 3.05) is 13.2 Å². The second-order valence-electron chi connectivity index (χ2n) is 11.5. The number of allylic oxidation sites excluding steroid dienone is 1. The molecule has 4 atom stereocenters. The van der Waals surface area contributed by atoms with Gasteiger partial charge in [-0.25, -0.2) is 0 Å². The predicted molar refractivity (Wildman–Crippen MR) is 132 cm³/mol. The molecule has 4 aliphatic rings. The van der Waals surface area contributed by atoms with Gasteiger partial charge in [-0.15, -0.1) is 0 Å². The number of fused-ring (bicyclic) bond motifs is 1. The van der Waals surface area contributed by atoms with Crippen molar-refractivity contribution in [3.8, 4) is 0 Å². The van der Waals surface area contributed by atoms with Crippen LogP contribution in [0.15, 0.2) is 30.5 Å². The first-order valence-corrected chi connectivity index (χ1v) is 13.1. The number of rotatable bonds is 5. The van der Waals surface area contributed by atoms with E-state index in [2.05, 4.69) is 43.2 Å². The minimum absolute atomic E-state index is 0.0202. The van der Waals surface area contributed by atoms with Gasteiger partial charge >= 0.3 is 0 Å². The lowest BCUT2D eigenvalue weighted by molar-refractivity contribution is -0.126. The van der Waals surface area contributed by atoms with Gasteiger partial charge in [-0.2, -0.15) is 0 Å². The molecule has 6 heteroatoms. The number of carbonyl (C=O) groups excluding carboxylic acids is 2. The monoisotopic (exact) mass is 465 g/mol. The Morgan fingerprint density at radius 3 is 2.79 bits per heavy atom. The largest absolute Gasteiger partial charge is 0.381 e. The highest BCUT2D eigenvalue weighted by molar-refractivity contribution is 6.01. The van der Waals surface area contributed by atoms with E-state index in [0.717, 1.165) is 49.3 Å².